The lowest BCUT2D eigenvalue weighted by molar-refractivity contribution is 0.344. The fraction of sp³-hybridized carbons (Fsp3) is 0.143. The zero-order chi connectivity index (χ0) is 17.1. The standard InChI is InChI=1S/C14H10BF6NO/c16-9-3-7(4-10(17)13(9)20)15(23-2-1-22)8-5-11(18)14(21)12(19)6-8/h3-6H,1-2,22H2. The van der Waals surface area contributed by atoms with Crippen molar-refractivity contribution in [2.45, 2.75) is 0 Å². The minimum absolute atomic E-state index is 0.00875. The average Bonchev–Trinajstić information content (AvgIpc) is 2.50. The molecule has 0 radical (unpaired) electrons. The molecule has 0 unspecified atom stereocenters. The Morgan fingerprint density at radius 3 is 1.39 bits per heavy atom. The molecular weight excluding hydrogens is 323 g/mol. The predicted molar refractivity (Wildman–Crippen MR) is 72.7 cm³/mol. The van der Waals surface area contributed by atoms with Gasteiger partial charge < -0.3 is 10.4 Å². The van der Waals surface area contributed by atoms with Gasteiger partial charge in [0.2, 0.25) is 0 Å². The lowest BCUT2D eigenvalue weighted by atomic mass is 9.55. The van der Waals surface area contributed by atoms with E-state index in [1.807, 2.05) is 0 Å². The smallest absolute Gasteiger partial charge is 0.362 e. The van der Waals surface area contributed by atoms with Crippen molar-refractivity contribution in [3.05, 3.63) is 59.2 Å². The minimum atomic E-state index is -1.69. The molecule has 0 saturated heterocycles. The van der Waals surface area contributed by atoms with E-state index in [-0.39, 0.29) is 24.1 Å². The number of nitrogens with two attached hydrogens (primary N) is 1. The molecule has 2 aromatic rings. The zero-order valence-electron chi connectivity index (χ0n) is 11.6. The van der Waals surface area contributed by atoms with Crippen LogP contribution in [-0.2, 0) is 4.65 Å². The van der Waals surface area contributed by atoms with Crippen molar-refractivity contribution < 1.29 is 31.0 Å². The van der Waals surface area contributed by atoms with Crippen LogP contribution in [0.15, 0.2) is 24.3 Å². The topological polar surface area (TPSA) is 35.2 Å². The zero-order valence-corrected chi connectivity index (χ0v) is 11.6. The molecule has 0 aliphatic heterocycles. The molecule has 2 rings (SSSR count). The summed E-state index contributed by atoms with van der Waals surface area (Å²) in [6.07, 6.45) is 0. The van der Waals surface area contributed by atoms with Crippen LogP contribution in [0.5, 0.6) is 0 Å². The summed E-state index contributed by atoms with van der Waals surface area (Å²) in [4.78, 5) is 0. The Hall–Kier alpha value is -2.00. The molecule has 2 N–H and O–H groups in total. The lowest BCUT2D eigenvalue weighted by Crippen LogP contribution is -2.47. The largest absolute Gasteiger partial charge is 0.426 e. The van der Waals surface area contributed by atoms with Gasteiger partial charge in [-0.25, -0.2) is 26.3 Å². The van der Waals surface area contributed by atoms with E-state index in [0.29, 0.717) is 24.3 Å². The Balaban J connectivity index is 2.53. The first-order valence-corrected chi connectivity index (χ1v) is 6.45. The van der Waals surface area contributed by atoms with Crippen molar-refractivity contribution in [1.82, 2.24) is 0 Å². The highest BCUT2D eigenvalue weighted by atomic mass is 19.2. The van der Waals surface area contributed by atoms with E-state index in [1.54, 1.807) is 0 Å². The Bertz CT molecular complexity index is 623. The maximum atomic E-state index is 13.4. The van der Waals surface area contributed by atoms with Crippen molar-refractivity contribution in [3.63, 3.8) is 0 Å². The van der Waals surface area contributed by atoms with Gasteiger partial charge in [-0.05, 0) is 35.2 Å². The van der Waals surface area contributed by atoms with Crippen LogP contribution in [0.1, 0.15) is 0 Å². The summed E-state index contributed by atoms with van der Waals surface area (Å²) in [5, 5.41) is 0. The summed E-state index contributed by atoms with van der Waals surface area (Å²) in [5.74, 6) is -9.37. The van der Waals surface area contributed by atoms with Gasteiger partial charge in [-0.2, -0.15) is 0 Å². The molecule has 0 aliphatic rings. The third-order valence-electron chi connectivity index (χ3n) is 3.02. The van der Waals surface area contributed by atoms with E-state index >= 15 is 0 Å². The molecule has 0 bridgehead atoms. The molecule has 122 valence electrons. The summed E-state index contributed by atoms with van der Waals surface area (Å²) in [6.45, 7) is -1.46. The molecule has 0 amide bonds. The van der Waals surface area contributed by atoms with Crippen LogP contribution in [0.25, 0.3) is 0 Å². The van der Waals surface area contributed by atoms with E-state index in [1.165, 1.54) is 0 Å². The van der Waals surface area contributed by atoms with E-state index in [9.17, 15) is 26.3 Å². The summed E-state index contributed by atoms with van der Waals surface area (Å²) in [5.41, 5.74) is 4.79. The van der Waals surface area contributed by atoms with Crippen LogP contribution in [0.3, 0.4) is 0 Å². The van der Waals surface area contributed by atoms with Crippen molar-refractivity contribution >= 4 is 17.8 Å². The highest BCUT2D eigenvalue weighted by Crippen LogP contribution is 2.11. The van der Waals surface area contributed by atoms with Gasteiger partial charge in [-0.15, -0.1) is 0 Å². The Morgan fingerprint density at radius 1 is 0.739 bits per heavy atom. The normalized spacial score (nSPS) is 10.9. The van der Waals surface area contributed by atoms with Crippen LogP contribution in [-0.4, -0.2) is 20.1 Å². The van der Waals surface area contributed by atoms with Crippen molar-refractivity contribution in [1.29, 1.82) is 0 Å². The molecule has 0 spiro atoms. The summed E-state index contributed by atoms with van der Waals surface area (Å²) < 4.78 is 84.7. The molecule has 0 atom stereocenters. The molecule has 23 heavy (non-hydrogen) atoms. The first-order valence-electron chi connectivity index (χ1n) is 6.45. The van der Waals surface area contributed by atoms with Crippen molar-refractivity contribution in [3.8, 4) is 0 Å². The summed E-state index contributed by atoms with van der Waals surface area (Å²) in [7, 11) is 0. The van der Waals surface area contributed by atoms with Gasteiger partial charge in [0.15, 0.2) is 34.9 Å². The first-order chi connectivity index (χ1) is 10.8. The first kappa shape index (κ1) is 17.4. The molecule has 2 aromatic carbocycles. The SMILES string of the molecule is NCCOB(c1cc(F)c(F)c(F)c1)c1cc(F)c(F)c(F)c1. The maximum Gasteiger partial charge on any atom is 0.362 e. The summed E-state index contributed by atoms with van der Waals surface area (Å²) >= 11 is 0. The second-order valence-corrected chi connectivity index (χ2v) is 4.64. The average molecular weight is 333 g/mol. The third-order valence-corrected chi connectivity index (χ3v) is 3.02. The van der Waals surface area contributed by atoms with Crippen LogP contribution in [0.2, 0.25) is 0 Å². The highest BCUT2D eigenvalue weighted by molar-refractivity contribution is 6.80. The fourth-order valence-corrected chi connectivity index (χ4v) is 2.02. The number of benzene rings is 2. The van der Waals surface area contributed by atoms with Gasteiger partial charge in [-0.3, -0.25) is 0 Å². The fourth-order valence-electron chi connectivity index (χ4n) is 2.02. The van der Waals surface area contributed by atoms with Crippen molar-refractivity contribution in [2.24, 2.45) is 5.73 Å². The molecule has 9 heteroatoms. The lowest BCUT2D eigenvalue weighted by Gasteiger charge is -2.16. The summed E-state index contributed by atoms with van der Waals surface area (Å²) in [6, 6.07) is 2.50. The Labute approximate surface area is 128 Å². The molecule has 0 fully saturated rings. The molecule has 0 aliphatic carbocycles. The van der Waals surface area contributed by atoms with Gasteiger partial charge >= 0.3 is 6.92 Å². The Morgan fingerprint density at radius 2 is 1.09 bits per heavy atom. The van der Waals surface area contributed by atoms with Gasteiger partial charge in [0.1, 0.15) is 0 Å². The Kier molecular flexibility index (Phi) is 5.32. The second kappa shape index (κ2) is 7.05. The predicted octanol–water partition coefficient (Wildman–Crippen LogP) is 1.60. The number of hydrogen-bond acceptors (Lipinski definition) is 2. The van der Waals surface area contributed by atoms with Crippen molar-refractivity contribution in [2.75, 3.05) is 13.2 Å². The van der Waals surface area contributed by atoms with Crippen LogP contribution in [0.4, 0.5) is 26.3 Å². The van der Waals surface area contributed by atoms with Gasteiger partial charge in [-0.1, -0.05) is 0 Å². The van der Waals surface area contributed by atoms with E-state index in [0.717, 1.165) is 0 Å². The van der Waals surface area contributed by atoms with E-state index < -0.39 is 41.8 Å². The number of halogens is 6. The quantitative estimate of drug-likeness (QED) is 0.513. The molecular formula is C14H10BF6NO. The molecule has 0 saturated carbocycles. The molecule has 2 nitrogen and oxygen atoms in total. The van der Waals surface area contributed by atoms with E-state index in [4.69, 9.17) is 10.4 Å². The van der Waals surface area contributed by atoms with Gasteiger partial charge in [0.25, 0.3) is 0 Å². The molecule has 0 heterocycles. The van der Waals surface area contributed by atoms with E-state index in [2.05, 4.69) is 0 Å². The second-order valence-electron chi connectivity index (χ2n) is 4.64. The monoisotopic (exact) mass is 333 g/mol. The van der Waals surface area contributed by atoms with Gasteiger partial charge in [0.05, 0.1) is 0 Å². The highest BCUT2D eigenvalue weighted by Gasteiger charge is 2.27. The minimum Gasteiger partial charge on any atom is -0.426 e. The molecule has 0 aromatic heterocycles. The van der Waals surface area contributed by atoms with Crippen LogP contribution in [0, 0.1) is 34.9 Å². The van der Waals surface area contributed by atoms with Crippen LogP contribution < -0.4 is 16.7 Å². The number of rotatable bonds is 5. The maximum absolute atomic E-state index is 13.4. The number of hydrogen-bond donors (Lipinski definition) is 1. The van der Waals surface area contributed by atoms with Crippen LogP contribution >= 0.6 is 0 Å². The third kappa shape index (κ3) is 3.68. The van der Waals surface area contributed by atoms with Gasteiger partial charge in [0, 0.05) is 13.2 Å².